The molecule has 0 rings (SSSR count). The van der Waals surface area contributed by atoms with Crippen LogP contribution in [-0.4, -0.2) is 12.5 Å². The van der Waals surface area contributed by atoms with Crippen LogP contribution in [0.5, 0.6) is 0 Å². The first-order valence-electron chi connectivity index (χ1n) is 4.53. The van der Waals surface area contributed by atoms with Gasteiger partial charge in [-0.25, -0.2) is 0 Å². The maximum atomic E-state index is 11.4. The normalized spacial score (nSPS) is 11.8. The molecule has 74 valence electrons. The molecule has 13 heavy (non-hydrogen) atoms. The summed E-state index contributed by atoms with van der Waals surface area (Å²) in [5, 5.41) is 2.70. The van der Waals surface area contributed by atoms with Crippen molar-refractivity contribution in [3.05, 3.63) is 23.9 Å². The van der Waals surface area contributed by atoms with E-state index in [0.29, 0.717) is 30.7 Å². The number of hydrogen-bond acceptors (Lipinski definition) is 2. The van der Waals surface area contributed by atoms with Crippen molar-refractivity contribution in [2.24, 2.45) is 5.73 Å². The summed E-state index contributed by atoms with van der Waals surface area (Å²) in [6, 6.07) is 0. The SMILES string of the molecule is C=CCNC(=O)/C(CC)=C(/N)CC. The van der Waals surface area contributed by atoms with Crippen LogP contribution >= 0.6 is 0 Å². The van der Waals surface area contributed by atoms with E-state index in [1.807, 2.05) is 13.8 Å². The van der Waals surface area contributed by atoms with E-state index >= 15 is 0 Å². The van der Waals surface area contributed by atoms with Gasteiger partial charge in [0.2, 0.25) is 5.91 Å². The summed E-state index contributed by atoms with van der Waals surface area (Å²) in [4.78, 5) is 11.4. The van der Waals surface area contributed by atoms with Crippen LogP contribution in [0.2, 0.25) is 0 Å². The molecule has 0 radical (unpaired) electrons. The minimum Gasteiger partial charge on any atom is -0.402 e. The zero-order valence-corrected chi connectivity index (χ0v) is 8.39. The standard InChI is InChI=1S/C10H18N2O/c1-4-7-12-10(13)8(5-2)9(11)6-3/h4H,1,5-7,11H2,2-3H3,(H,12,13)/b9-8+. The summed E-state index contributed by atoms with van der Waals surface area (Å²) in [6.07, 6.45) is 3.03. The van der Waals surface area contributed by atoms with Gasteiger partial charge in [-0.2, -0.15) is 0 Å². The summed E-state index contributed by atoms with van der Waals surface area (Å²) in [7, 11) is 0. The van der Waals surface area contributed by atoms with Crippen LogP contribution in [-0.2, 0) is 4.79 Å². The van der Waals surface area contributed by atoms with Gasteiger partial charge in [-0.3, -0.25) is 4.79 Å². The lowest BCUT2D eigenvalue weighted by atomic mass is 10.1. The number of rotatable bonds is 5. The maximum Gasteiger partial charge on any atom is 0.249 e. The van der Waals surface area contributed by atoms with Crippen molar-refractivity contribution in [3.8, 4) is 0 Å². The smallest absolute Gasteiger partial charge is 0.249 e. The molecule has 0 fully saturated rings. The van der Waals surface area contributed by atoms with E-state index in [2.05, 4.69) is 11.9 Å². The molecule has 0 aromatic heterocycles. The second-order valence-corrected chi connectivity index (χ2v) is 2.71. The molecule has 0 aliphatic carbocycles. The van der Waals surface area contributed by atoms with Gasteiger partial charge >= 0.3 is 0 Å². The molecule has 0 saturated heterocycles. The molecular weight excluding hydrogens is 164 g/mol. The Labute approximate surface area is 79.7 Å². The fourth-order valence-electron chi connectivity index (χ4n) is 1.02. The number of nitrogens with two attached hydrogens (primary N) is 1. The van der Waals surface area contributed by atoms with Crippen LogP contribution in [0.3, 0.4) is 0 Å². The highest BCUT2D eigenvalue weighted by atomic mass is 16.1. The highest BCUT2D eigenvalue weighted by Crippen LogP contribution is 2.07. The van der Waals surface area contributed by atoms with Crippen molar-refractivity contribution in [2.45, 2.75) is 26.7 Å². The first-order chi connectivity index (χ1) is 6.17. The molecule has 0 bridgehead atoms. The molecule has 0 aromatic rings. The van der Waals surface area contributed by atoms with E-state index in [4.69, 9.17) is 5.73 Å². The average molecular weight is 182 g/mol. The van der Waals surface area contributed by atoms with Gasteiger partial charge in [0.1, 0.15) is 0 Å². The largest absolute Gasteiger partial charge is 0.402 e. The van der Waals surface area contributed by atoms with Gasteiger partial charge in [0.05, 0.1) is 0 Å². The number of carbonyl (C=O) groups is 1. The van der Waals surface area contributed by atoms with E-state index in [0.717, 1.165) is 0 Å². The molecule has 0 spiro atoms. The summed E-state index contributed by atoms with van der Waals surface area (Å²) < 4.78 is 0. The zero-order valence-electron chi connectivity index (χ0n) is 8.39. The van der Waals surface area contributed by atoms with Crippen LogP contribution < -0.4 is 11.1 Å². The molecule has 1 amide bonds. The van der Waals surface area contributed by atoms with Gasteiger partial charge < -0.3 is 11.1 Å². The Morgan fingerprint density at radius 1 is 1.46 bits per heavy atom. The Balaban J connectivity index is 4.40. The number of allylic oxidation sites excluding steroid dienone is 1. The van der Waals surface area contributed by atoms with Crippen LogP contribution in [0.15, 0.2) is 23.9 Å². The molecule has 0 aromatic carbocycles. The highest BCUT2D eigenvalue weighted by Gasteiger charge is 2.08. The predicted molar refractivity (Wildman–Crippen MR) is 55.0 cm³/mol. The number of hydrogen-bond donors (Lipinski definition) is 2. The zero-order chi connectivity index (χ0) is 10.3. The molecule has 0 unspecified atom stereocenters. The van der Waals surface area contributed by atoms with Gasteiger partial charge in [-0.15, -0.1) is 6.58 Å². The Morgan fingerprint density at radius 3 is 2.46 bits per heavy atom. The summed E-state index contributed by atoms with van der Waals surface area (Å²) in [6.45, 7) is 7.86. The summed E-state index contributed by atoms with van der Waals surface area (Å²) in [5.41, 5.74) is 7.05. The molecular formula is C10H18N2O. The third-order valence-corrected chi connectivity index (χ3v) is 1.80. The van der Waals surface area contributed by atoms with Crippen LogP contribution in [0, 0.1) is 0 Å². The second-order valence-electron chi connectivity index (χ2n) is 2.71. The van der Waals surface area contributed by atoms with Crippen molar-refractivity contribution in [3.63, 3.8) is 0 Å². The highest BCUT2D eigenvalue weighted by molar-refractivity contribution is 5.94. The molecule has 0 heterocycles. The second kappa shape index (κ2) is 6.29. The van der Waals surface area contributed by atoms with Gasteiger partial charge in [0, 0.05) is 17.8 Å². The van der Waals surface area contributed by atoms with Crippen LogP contribution in [0.25, 0.3) is 0 Å². The van der Waals surface area contributed by atoms with Crippen molar-refractivity contribution >= 4 is 5.91 Å². The topological polar surface area (TPSA) is 55.1 Å². The monoisotopic (exact) mass is 182 g/mol. The minimum absolute atomic E-state index is 0.0817. The van der Waals surface area contributed by atoms with Gasteiger partial charge in [-0.05, 0) is 12.8 Å². The van der Waals surface area contributed by atoms with Crippen molar-refractivity contribution < 1.29 is 4.79 Å². The lowest BCUT2D eigenvalue weighted by Gasteiger charge is -2.08. The third-order valence-electron chi connectivity index (χ3n) is 1.80. The van der Waals surface area contributed by atoms with E-state index in [1.165, 1.54) is 0 Å². The molecule has 0 aliphatic heterocycles. The Kier molecular flexibility index (Phi) is 5.68. The fraction of sp³-hybridized carbons (Fsp3) is 0.500. The van der Waals surface area contributed by atoms with E-state index in [9.17, 15) is 4.79 Å². The van der Waals surface area contributed by atoms with Crippen molar-refractivity contribution in [1.29, 1.82) is 0 Å². The molecule has 0 atom stereocenters. The number of carbonyl (C=O) groups excluding carboxylic acids is 1. The lowest BCUT2D eigenvalue weighted by molar-refractivity contribution is -0.117. The molecule has 3 heteroatoms. The van der Waals surface area contributed by atoms with Crippen LogP contribution in [0.4, 0.5) is 0 Å². The number of amides is 1. The summed E-state index contributed by atoms with van der Waals surface area (Å²) >= 11 is 0. The third kappa shape index (κ3) is 3.78. The summed E-state index contributed by atoms with van der Waals surface area (Å²) in [5.74, 6) is -0.0817. The fourth-order valence-corrected chi connectivity index (χ4v) is 1.02. The quantitative estimate of drug-likeness (QED) is 0.497. The van der Waals surface area contributed by atoms with E-state index < -0.39 is 0 Å². The average Bonchev–Trinajstić information content (AvgIpc) is 2.15. The van der Waals surface area contributed by atoms with Crippen molar-refractivity contribution in [2.75, 3.05) is 6.54 Å². The molecule has 0 saturated carbocycles. The van der Waals surface area contributed by atoms with E-state index in [-0.39, 0.29) is 5.91 Å². The Hall–Kier alpha value is -1.25. The maximum absolute atomic E-state index is 11.4. The molecule has 3 N–H and O–H groups in total. The van der Waals surface area contributed by atoms with E-state index in [1.54, 1.807) is 6.08 Å². The van der Waals surface area contributed by atoms with Crippen molar-refractivity contribution in [1.82, 2.24) is 5.32 Å². The minimum atomic E-state index is -0.0817. The predicted octanol–water partition coefficient (Wildman–Crippen LogP) is 1.32. The Morgan fingerprint density at radius 2 is 2.08 bits per heavy atom. The lowest BCUT2D eigenvalue weighted by Crippen LogP contribution is -2.26. The number of nitrogens with one attached hydrogen (secondary N) is 1. The Bertz CT molecular complexity index is 219. The molecule has 0 aliphatic rings. The molecule has 3 nitrogen and oxygen atoms in total. The first kappa shape index (κ1) is 11.8. The van der Waals surface area contributed by atoms with Gasteiger partial charge in [0.25, 0.3) is 0 Å². The van der Waals surface area contributed by atoms with Crippen LogP contribution in [0.1, 0.15) is 26.7 Å². The van der Waals surface area contributed by atoms with Gasteiger partial charge in [-0.1, -0.05) is 19.9 Å². The first-order valence-corrected chi connectivity index (χ1v) is 4.53. The van der Waals surface area contributed by atoms with Gasteiger partial charge in [0.15, 0.2) is 0 Å².